The zero-order valence-electron chi connectivity index (χ0n) is 10.4. The number of rotatable bonds is 4. The SMILES string of the molecule is COc1ccccc1NC(=S)NC[C@@H]1CCCO1. The van der Waals surface area contributed by atoms with Crippen LogP contribution < -0.4 is 15.4 Å². The van der Waals surface area contributed by atoms with Gasteiger partial charge in [0.05, 0.1) is 18.9 Å². The lowest BCUT2D eigenvalue weighted by molar-refractivity contribution is 0.114. The summed E-state index contributed by atoms with van der Waals surface area (Å²) in [6, 6.07) is 7.68. The molecule has 5 heteroatoms. The summed E-state index contributed by atoms with van der Waals surface area (Å²) in [4.78, 5) is 0. The Kier molecular flexibility index (Phi) is 4.78. The monoisotopic (exact) mass is 266 g/mol. The largest absolute Gasteiger partial charge is 0.495 e. The molecule has 0 amide bonds. The number of benzene rings is 1. The van der Waals surface area contributed by atoms with Gasteiger partial charge in [-0.15, -0.1) is 0 Å². The van der Waals surface area contributed by atoms with Gasteiger partial charge < -0.3 is 20.1 Å². The molecule has 0 radical (unpaired) electrons. The van der Waals surface area contributed by atoms with Gasteiger partial charge in [0.15, 0.2) is 5.11 Å². The van der Waals surface area contributed by atoms with E-state index in [1.165, 1.54) is 0 Å². The fraction of sp³-hybridized carbons (Fsp3) is 0.462. The van der Waals surface area contributed by atoms with E-state index in [9.17, 15) is 0 Å². The van der Waals surface area contributed by atoms with Gasteiger partial charge in [0.1, 0.15) is 5.75 Å². The minimum atomic E-state index is 0.280. The Balaban J connectivity index is 1.82. The van der Waals surface area contributed by atoms with Crippen LogP contribution in [0.25, 0.3) is 0 Å². The molecule has 4 nitrogen and oxygen atoms in total. The van der Waals surface area contributed by atoms with Gasteiger partial charge in [-0.3, -0.25) is 0 Å². The highest BCUT2D eigenvalue weighted by Gasteiger charge is 2.15. The number of nitrogens with one attached hydrogen (secondary N) is 2. The third kappa shape index (κ3) is 3.58. The van der Waals surface area contributed by atoms with E-state index in [0.29, 0.717) is 5.11 Å². The smallest absolute Gasteiger partial charge is 0.170 e. The van der Waals surface area contributed by atoms with Crippen molar-refractivity contribution in [3.05, 3.63) is 24.3 Å². The first-order valence-electron chi connectivity index (χ1n) is 6.09. The minimum absolute atomic E-state index is 0.280. The predicted molar refractivity (Wildman–Crippen MR) is 76.2 cm³/mol. The van der Waals surface area contributed by atoms with E-state index in [1.807, 2.05) is 24.3 Å². The maximum Gasteiger partial charge on any atom is 0.170 e. The first-order valence-corrected chi connectivity index (χ1v) is 6.50. The molecule has 0 saturated carbocycles. The van der Waals surface area contributed by atoms with Crippen LogP contribution in [0, 0.1) is 0 Å². The fourth-order valence-electron chi connectivity index (χ4n) is 1.93. The lowest BCUT2D eigenvalue weighted by Gasteiger charge is -2.15. The zero-order valence-corrected chi connectivity index (χ0v) is 11.3. The number of anilines is 1. The van der Waals surface area contributed by atoms with Crippen LogP contribution in [0.15, 0.2) is 24.3 Å². The second-order valence-corrected chi connectivity index (χ2v) is 4.58. The van der Waals surface area contributed by atoms with E-state index in [1.54, 1.807) is 7.11 Å². The molecule has 2 N–H and O–H groups in total. The van der Waals surface area contributed by atoms with Crippen molar-refractivity contribution in [2.24, 2.45) is 0 Å². The maximum absolute atomic E-state index is 5.52. The second-order valence-electron chi connectivity index (χ2n) is 4.17. The average Bonchev–Trinajstić information content (AvgIpc) is 2.90. The molecule has 0 spiro atoms. The Morgan fingerprint density at radius 1 is 1.50 bits per heavy atom. The van der Waals surface area contributed by atoms with E-state index < -0.39 is 0 Å². The van der Waals surface area contributed by atoms with Gasteiger partial charge in [-0.1, -0.05) is 12.1 Å². The van der Waals surface area contributed by atoms with Crippen LogP contribution in [0.4, 0.5) is 5.69 Å². The van der Waals surface area contributed by atoms with E-state index in [4.69, 9.17) is 21.7 Å². The molecule has 1 saturated heterocycles. The summed E-state index contributed by atoms with van der Waals surface area (Å²) in [6.45, 7) is 1.61. The van der Waals surface area contributed by atoms with Gasteiger partial charge in [-0.2, -0.15) is 0 Å². The van der Waals surface area contributed by atoms with Crippen LogP contribution in [0.5, 0.6) is 5.75 Å². The lowest BCUT2D eigenvalue weighted by Crippen LogP contribution is -2.34. The minimum Gasteiger partial charge on any atom is -0.495 e. The van der Waals surface area contributed by atoms with Crippen molar-refractivity contribution in [1.82, 2.24) is 5.32 Å². The molecule has 1 aromatic carbocycles. The van der Waals surface area contributed by atoms with E-state index in [2.05, 4.69) is 10.6 Å². The second kappa shape index (κ2) is 6.56. The van der Waals surface area contributed by atoms with Crippen molar-refractivity contribution in [2.45, 2.75) is 18.9 Å². The maximum atomic E-state index is 5.52. The van der Waals surface area contributed by atoms with Crippen molar-refractivity contribution in [3.8, 4) is 5.75 Å². The summed E-state index contributed by atoms with van der Waals surface area (Å²) in [6.07, 6.45) is 2.52. The topological polar surface area (TPSA) is 42.5 Å². The number of thiocarbonyl (C=S) groups is 1. The van der Waals surface area contributed by atoms with E-state index in [0.717, 1.165) is 37.4 Å². The molecule has 1 aliphatic rings. The third-order valence-electron chi connectivity index (χ3n) is 2.87. The van der Waals surface area contributed by atoms with Crippen LogP contribution in [0.3, 0.4) is 0 Å². The van der Waals surface area contributed by atoms with Crippen LogP contribution in [-0.4, -0.2) is 31.5 Å². The molecular formula is C13H18N2O2S. The number of methoxy groups -OCH3 is 1. The van der Waals surface area contributed by atoms with Crippen molar-refractivity contribution in [1.29, 1.82) is 0 Å². The highest BCUT2D eigenvalue weighted by Crippen LogP contribution is 2.22. The highest BCUT2D eigenvalue weighted by atomic mass is 32.1. The number of ether oxygens (including phenoxy) is 2. The van der Waals surface area contributed by atoms with Gasteiger partial charge in [-0.05, 0) is 37.2 Å². The van der Waals surface area contributed by atoms with E-state index in [-0.39, 0.29) is 6.10 Å². The summed E-state index contributed by atoms with van der Waals surface area (Å²) >= 11 is 5.24. The zero-order chi connectivity index (χ0) is 12.8. The summed E-state index contributed by atoms with van der Waals surface area (Å²) in [7, 11) is 1.64. The van der Waals surface area contributed by atoms with Gasteiger partial charge in [-0.25, -0.2) is 0 Å². The Morgan fingerprint density at radius 3 is 3.06 bits per heavy atom. The molecule has 18 heavy (non-hydrogen) atoms. The van der Waals surface area contributed by atoms with Crippen LogP contribution in [-0.2, 0) is 4.74 Å². The molecule has 0 aliphatic carbocycles. The first kappa shape index (κ1) is 13.1. The molecule has 1 aromatic rings. The summed E-state index contributed by atoms with van der Waals surface area (Å²) < 4.78 is 10.8. The molecule has 1 fully saturated rings. The standard InChI is InChI=1S/C13H18N2O2S/c1-16-12-7-3-2-6-11(12)15-13(18)14-9-10-5-4-8-17-10/h2-3,6-7,10H,4-5,8-9H2,1H3,(H2,14,15,18)/t10-/m0/s1. The van der Waals surface area contributed by atoms with Gasteiger partial charge in [0.25, 0.3) is 0 Å². The molecule has 1 atom stereocenters. The Morgan fingerprint density at radius 2 is 2.33 bits per heavy atom. The summed E-state index contributed by atoms with van der Waals surface area (Å²) in [5, 5.41) is 6.88. The molecule has 1 aliphatic heterocycles. The lowest BCUT2D eigenvalue weighted by atomic mass is 10.2. The number of hydrogen-bond acceptors (Lipinski definition) is 3. The summed E-state index contributed by atoms with van der Waals surface area (Å²) in [5.74, 6) is 0.777. The van der Waals surface area contributed by atoms with Crippen LogP contribution >= 0.6 is 12.2 Å². The Hall–Kier alpha value is -1.33. The van der Waals surface area contributed by atoms with Crippen molar-refractivity contribution < 1.29 is 9.47 Å². The predicted octanol–water partition coefficient (Wildman–Crippen LogP) is 2.16. The normalized spacial score (nSPS) is 18.4. The van der Waals surface area contributed by atoms with Gasteiger partial charge >= 0.3 is 0 Å². The van der Waals surface area contributed by atoms with Crippen LogP contribution in [0.2, 0.25) is 0 Å². The Labute approximate surface area is 113 Å². The van der Waals surface area contributed by atoms with Gasteiger partial charge in [0.2, 0.25) is 0 Å². The number of para-hydroxylation sites is 2. The Bertz CT molecular complexity index is 406. The molecular weight excluding hydrogens is 248 g/mol. The van der Waals surface area contributed by atoms with Crippen molar-refractivity contribution >= 4 is 23.0 Å². The molecule has 98 valence electrons. The van der Waals surface area contributed by atoms with Crippen molar-refractivity contribution in [2.75, 3.05) is 25.6 Å². The third-order valence-corrected chi connectivity index (χ3v) is 3.12. The van der Waals surface area contributed by atoms with Crippen molar-refractivity contribution in [3.63, 3.8) is 0 Å². The van der Waals surface area contributed by atoms with E-state index >= 15 is 0 Å². The molecule has 0 bridgehead atoms. The average molecular weight is 266 g/mol. The van der Waals surface area contributed by atoms with Gasteiger partial charge in [0, 0.05) is 13.2 Å². The molecule has 1 heterocycles. The molecule has 2 rings (SSSR count). The summed E-state index contributed by atoms with van der Waals surface area (Å²) in [5.41, 5.74) is 0.866. The number of hydrogen-bond donors (Lipinski definition) is 2. The molecule has 0 aromatic heterocycles. The molecule has 0 unspecified atom stereocenters. The quantitative estimate of drug-likeness (QED) is 0.818. The fourth-order valence-corrected chi connectivity index (χ4v) is 2.12. The first-order chi connectivity index (χ1) is 8.79. The van der Waals surface area contributed by atoms with Crippen LogP contribution in [0.1, 0.15) is 12.8 Å². The highest BCUT2D eigenvalue weighted by molar-refractivity contribution is 7.80.